The standard InChI is InChI=1S/C15H14N2O/c1-12(15(18)13-8-4-2-5-9-13)16-17-14-10-6-3-7-11-14/h2-11,17H,1H3/b16-12+. The molecular weight excluding hydrogens is 224 g/mol. The highest BCUT2D eigenvalue weighted by molar-refractivity contribution is 6.45. The molecule has 0 aliphatic carbocycles. The van der Waals surface area contributed by atoms with Crippen molar-refractivity contribution in [3.05, 3.63) is 66.2 Å². The molecule has 0 saturated heterocycles. The third-order valence-electron chi connectivity index (χ3n) is 2.49. The van der Waals surface area contributed by atoms with E-state index in [1.54, 1.807) is 19.1 Å². The summed E-state index contributed by atoms with van der Waals surface area (Å²) in [5.74, 6) is -0.0703. The second-order valence-corrected chi connectivity index (χ2v) is 3.87. The van der Waals surface area contributed by atoms with Crippen molar-refractivity contribution in [1.82, 2.24) is 0 Å². The molecule has 2 aromatic carbocycles. The minimum atomic E-state index is -0.0703. The summed E-state index contributed by atoms with van der Waals surface area (Å²) in [5.41, 5.74) is 4.80. The van der Waals surface area contributed by atoms with E-state index < -0.39 is 0 Å². The Labute approximate surface area is 106 Å². The summed E-state index contributed by atoms with van der Waals surface area (Å²) >= 11 is 0. The van der Waals surface area contributed by atoms with Gasteiger partial charge in [0.25, 0.3) is 0 Å². The maximum absolute atomic E-state index is 12.0. The number of nitrogens with one attached hydrogen (secondary N) is 1. The van der Waals surface area contributed by atoms with E-state index in [-0.39, 0.29) is 5.78 Å². The number of hydrogen-bond donors (Lipinski definition) is 1. The second kappa shape index (κ2) is 5.77. The van der Waals surface area contributed by atoms with Crippen molar-refractivity contribution >= 4 is 17.2 Å². The van der Waals surface area contributed by atoms with Crippen LogP contribution in [-0.4, -0.2) is 11.5 Å². The number of anilines is 1. The summed E-state index contributed by atoms with van der Waals surface area (Å²) in [5, 5.41) is 4.09. The molecule has 0 aliphatic heterocycles. The summed E-state index contributed by atoms with van der Waals surface area (Å²) in [6, 6.07) is 18.7. The topological polar surface area (TPSA) is 41.5 Å². The molecule has 3 heteroatoms. The number of hydrazone groups is 1. The minimum Gasteiger partial charge on any atom is -0.287 e. The minimum absolute atomic E-state index is 0.0703. The lowest BCUT2D eigenvalue weighted by atomic mass is 10.1. The number of nitrogens with zero attached hydrogens (tertiary/aromatic N) is 1. The smallest absolute Gasteiger partial charge is 0.208 e. The van der Waals surface area contributed by atoms with E-state index in [1.807, 2.05) is 48.5 Å². The second-order valence-electron chi connectivity index (χ2n) is 3.87. The van der Waals surface area contributed by atoms with Crippen LogP contribution in [0.25, 0.3) is 0 Å². The average molecular weight is 238 g/mol. The summed E-state index contributed by atoms with van der Waals surface area (Å²) in [4.78, 5) is 12.0. The first kappa shape index (κ1) is 12.0. The number of rotatable bonds is 4. The largest absolute Gasteiger partial charge is 0.287 e. The molecule has 0 atom stereocenters. The average Bonchev–Trinajstić information content (AvgIpc) is 2.46. The molecule has 0 amide bonds. The third kappa shape index (κ3) is 3.04. The highest BCUT2D eigenvalue weighted by Gasteiger charge is 2.08. The lowest BCUT2D eigenvalue weighted by Crippen LogP contribution is -2.12. The summed E-state index contributed by atoms with van der Waals surface area (Å²) < 4.78 is 0. The van der Waals surface area contributed by atoms with Crippen molar-refractivity contribution in [3.8, 4) is 0 Å². The van der Waals surface area contributed by atoms with Gasteiger partial charge < -0.3 is 0 Å². The van der Waals surface area contributed by atoms with Crippen molar-refractivity contribution in [3.63, 3.8) is 0 Å². The monoisotopic (exact) mass is 238 g/mol. The third-order valence-corrected chi connectivity index (χ3v) is 2.49. The molecule has 0 unspecified atom stereocenters. The molecule has 3 nitrogen and oxygen atoms in total. The Balaban J connectivity index is 2.08. The fourth-order valence-corrected chi connectivity index (χ4v) is 1.51. The molecule has 2 rings (SSSR count). The Morgan fingerprint density at radius 1 is 0.944 bits per heavy atom. The van der Waals surface area contributed by atoms with Gasteiger partial charge in [-0.15, -0.1) is 0 Å². The zero-order valence-corrected chi connectivity index (χ0v) is 10.1. The van der Waals surface area contributed by atoms with Gasteiger partial charge >= 0.3 is 0 Å². The lowest BCUT2D eigenvalue weighted by molar-refractivity contribution is 0.106. The molecule has 2 aromatic rings. The Morgan fingerprint density at radius 2 is 1.50 bits per heavy atom. The van der Waals surface area contributed by atoms with Crippen LogP contribution < -0.4 is 5.43 Å². The molecular formula is C15H14N2O. The van der Waals surface area contributed by atoms with Gasteiger partial charge in [-0.1, -0.05) is 48.5 Å². The van der Waals surface area contributed by atoms with Gasteiger partial charge in [0.15, 0.2) is 0 Å². The molecule has 0 aliphatic rings. The maximum atomic E-state index is 12.0. The quantitative estimate of drug-likeness (QED) is 0.504. The molecule has 0 aromatic heterocycles. The fraction of sp³-hybridized carbons (Fsp3) is 0.0667. The predicted molar refractivity (Wildman–Crippen MR) is 73.9 cm³/mol. The van der Waals surface area contributed by atoms with Gasteiger partial charge in [0, 0.05) is 5.56 Å². The molecule has 0 bridgehead atoms. The molecule has 18 heavy (non-hydrogen) atoms. The Kier molecular flexibility index (Phi) is 3.86. The molecule has 0 heterocycles. The summed E-state index contributed by atoms with van der Waals surface area (Å²) in [6.45, 7) is 1.70. The van der Waals surface area contributed by atoms with E-state index >= 15 is 0 Å². The zero-order chi connectivity index (χ0) is 12.8. The van der Waals surface area contributed by atoms with Crippen molar-refractivity contribution < 1.29 is 4.79 Å². The van der Waals surface area contributed by atoms with Crippen LogP contribution in [0.4, 0.5) is 5.69 Å². The van der Waals surface area contributed by atoms with Crippen LogP contribution in [-0.2, 0) is 0 Å². The molecule has 0 fully saturated rings. The Morgan fingerprint density at radius 3 is 2.11 bits per heavy atom. The number of benzene rings is 2. The van der Waals surface area contributed by atoms with Crippen LogP contribution in [0.15, 0.2) is 65.8 Å². The normalized spacial score (nSPS) is 11.1. The van der Waals surface area contributed by atoms with Gasteiger partial charge in [-0.2, -0.15) is 5.10 Å². The SMILES string of the molecule is C/C(=N\Nc1ccccc1)C(=O)c1ccccc1. The molecule has 0 saturated carbocycles. The Bertz CT molecular complexity index is 547. The number of ketones is 1. The van der Waals surface area contributed by atoms with E-state index in [2.05, 4.69) is 10.5 Å². The van der Waals surface area contributed by atoms with Crippen LogP contribution in [0.3, 0.4) is 0 Å². The van der Waals surface area contributed by atoms with Gasteiger partial charge in [-0.3, -0.25) is 10.2 Å². The van der Waals surface area contributed by atoms with E-state index in [0.29, 0.717) is 11.3 Å². The predicted octanol–water partition coefficient (Wildman–Crippen LogP) is 3.36. The highest BCUT2D eigenvalue weighted by Crippen LogP contribution is 2.06. The number of carbonyl (C=O) groups is 1. The van der Waals surface area contributed by atoms with Crippen molar-refractivity contribution in [1.29, 1.82) is 0 Å². The van der Waals surface area contributed by atoms with Crippen LogP contribution in [0.5, 0.6) is 0 Å². The zero-order valence-electron chi connectivity index (χ0n) is 10.1. The number of para-hydroxylation sites is 1. The van der Waals surface area contributed by atoms with Gasteiger partial charge in [0.1, 0.15) is 5.71 Å². The molecule has 0 spiro atoms. The Hall–Kier alpha value is -2.42. The van der Waals surface area contributed by atoms with Gasteiger partial charge in [0.05, 0.1) is 5.69 Å². The molecule has 90 valence electrons. The van der Waals surface area contributed by atoms with E-state index in [9.17, 15) is 4.79 Å². The first-order chi connectivity index (χ1) is 8.77. The van der Waals surface area contributed by atoms with Crippen LogP contribution >= 0.6 is 0 Å². The van der Waals surface area contributed by atoms with E-state index in [1.165, 1.54) is 0 Å². The van der Waals surface area contributed by atoms with E-state index in [0.717, 1.165) is 5.69 Å². The molecule has 1 N–H and O–H groups in total. The lowest BCUT2D eigenvalue weighted by Gasteiger charge is -2.02. The van der Waals surface area contributed by atoms with Crippen molar-refractivity contribution in [2.24, 2.45) is 5.10 Å². The number of hydrogen-bond acceptors (Lipinski definition) is 3. The first-order valence-electron chi connectivity index (χ1n) is 5.72. The summed E-state index contributed by atoms with van der Waals surface area (Å²) in [7, 11) is 0. The maximum Gasteiger partial charge on any atom is 0.208 e. The first-order valence-corrected chi connectivity index (χ1v) is 5.72. The number of carbonyl (C=O) groups excluding carboxylic acids is 1. The van der Waals surface area contributed by atoms with Crippen molar-refractivity contribution in [2.75, 3.05) is 5.43 Å². The van der Waals surface area contributed by atoms with E-state index in [4.69, 9.17) is 0 Å². The highest BCUT2D eigenvalue weighted by atomic mass is 16.1. The number of Topliss-reactive ketones (excluding diaryl/α,β-unsaturated/α-hetero) is 1. The summed E-state index contributed by atoms with van der Waals surface area (Å²) in [6.07, 6.45) is 0. The van der Waals surface area contributed by atoms with Gasteiger partial charge in [0.2, 0.25) is 5.78 Å². The van der Waals surface area contributed by atoms with Crippen LogP contribution in [0.2, 0.25) is 0 Å². The van der Waals surface area contributed by atoms with Gasteiger partial charge in [-0.25, -0.2) is 0 Å². The van der Waals surface area contributed by atoms with Crippen LogP contribution in [0, 0.1) is 0 Å². The van der Waals surface area contributed by atoms with Crippen LogP contribution in [0.1, 0.15) is 17.3 Å². The van der Waals surface area contributed by atoms with Crippen molar-refractivity contribution in [2.45, 2.75) is 6.92 Å². The fourth-order valence-electron chi connectivity index (χ4n) is 1.51. The molecule has 0 radical (unpaired) electrons. The van der Waals surface area contributed by atoms with Gasteiger partial charge in [-0.05, 0) is 19.1 Å².